The molecule has 4 heteroatoms. The van der Waals surface area contributed by atoms with Crippen molar-refractivity contribution in [3.8, 4) is 0 Å². The molecule has 88 valence electrons. The first-order chi connectivity index (χ1) is 7.54. The highest BCUT2D eigenvalue weighted by molar-refractivity contribution is 9.10. The van der Waals surface area contributed by atoms with Gasteiger partial charge in [-0.05, 0) is 31.0 Å². The molecule has 0 radical (unpaired) electrons. The maximum atomic E-state index is 11.4. The number of ether oxygens (including phenoxy) is 1. The van der Waals surface area contributed by atoms with E-state index in [1.54, 1.807) is 6.92 Å². The van der Waals surface area contributed by atoms with E-state index in [1.165, 1.54) is 0 Å². The third-order valence-corrected chi connectivity index (χ3v) is 3.22. The Labute approximate surface area is 109 Å². The van der Waals surface area contributed by atoms with Crippen molar-refractivity contribution in [1.29, 1.82) is 0 Å². The molecule has 0 saturated carbocycles. The van der Waals surface area contributed by atoms with Crippen LogP contribution in [-0.4, -0.2) is 18.0 Å². The van der Waals surface area contributed by atoms with Crippen LogP contribution in [0.15, 0.2) is 22.7 Å². The van der Waals surface area contributed by atoms with Gasteiger partial charge >= 0.3 is 5.97 Å². The summed E-state index contributed by atoms with van der Waals surface area (Å²) < 4.78 is 5.83. The summed E-state index contributed by atoms with van der Waals surface area (Å²) in [4.78, 5) is 11.4. The molecule has 0 aliphatic rings. The van der Waals surface area contributed by atoms with E-state index in [0.29, 0.717) is 13.0 Å². The maximum absolute atomic E-state index is 11.4. The molecule has 0 aliphatic heterocycles. The number of aryl methyl sites for hydroxylation is 1. The number of carbonyl (C=O) groups excluding carboxylic acids is 1. The van der Waals surface area contributed by atoms with Gasteiger partial charge in [0.1, 0.15) is 5.38 Å². The van der Waals surface area contributed by atoms with E-state index in [0.717, 1.165) is 15.6 Å². The number of hydrogen-bond acceptors (Lipinski definition) is 2. The molecule has 1 aromatic carbocycles. The largest absolute Gasteiger partial charge is 0.465 e. The summed E-state index contributed by atoms with van der Waals surface area (Å²) in [5, 5.41) is -0.626. The molecule has 0 aromatic heterocycles. The quantitative estimate of drug-likeness (QED) is 0.629. The molecule has 0 amide bonds. The molecule has 0 aliphatic carbocycles. The fraction of sp³-hybridized carbons (Fsp3) is 0.417. The van der Waals surface area contributed by atoms with Crippen LogP contribution in [0.25, 0.3) is 0 Å². The van der Waals surface area contributed by atoms with E-state index in [-0.39, 0.29) is 5.97 Å². The van der Waals surface area contributed by atoms with E-state index in [1.807, 2.05) is 25.1 Å². The van der Waals surface area contributed by atoms with Gasteiger partial charge in [-0.15, -0.1) is 11.6 Å². The number of hydrogen-bond donors (Lipinski definition) is 0. The molecule has 1 unspecified atom stereocenters. The fourth-order valence-electron chi connectivity index (χ4n) is 1.33. The highest BCUT2D eigenvalue weighted by Gasteiger charge is 2.18. The maximum Gasteiger partial charge on any atom is 0.324 e. The number of halogens is 2. The second kappa shape index (κ2) is 6.26. The summed E-state index contributed by atoms with van der Waals surface area (Å²) in [6, 6.07) is 5.97. The zero-order valence-electron chi connectivity index (χ0n) is 9.30. The van der Waals surface area contributed by atoms with Crippen LogP contribution in [0.1, 0.15) is 18.1 Å². The van der Waals surface area contributed by atoms with Crippen molar-refractivity contribution in [2.45, 2.75) is 25.6 Å². The van der Waals surface area contributed by atoms with Crippen LogP contribution in [0.2, 0.25) is 0 Å². The van der Waals surface area contributed by atoms with Gasteiger partial charge in [-0.25, -0.2) is 0 Å². The molecule has 0 saturated heterocycles. The summed E-state index contributed by atoms with van der Waals surface area (Å²) in [7, 11) is 0. The van der Waals surface area contributed by atoms with Crippen LogP contribution in [0.4, 0.5) is 0 Å². The molecule has 0 bridgehead atoms. The van der Waals surface area contributed by atoms with Gasteiger partial charge in [-0.1, -0.05) is 28.1 Å². The van der Waals surface area contributed by atoms with E-state index in [4.69, 9.17) is 16.3 Å². The molecule has 0 heterocycles. The van der Waals surface area contributed by atoms with Gasteiger partial charge in [-0.3, -0.25) is 4.79 Å². The predicted octanol–water partition coefficient (Wildman–Crippen LogP) is 3.47. The Balaban J connectivity index is 2.69. The Morgan fingerprint density at radius 2 is 2.25 bits per heavy atom. The van der Waals surface area contributed by atoms with E-state index < -0.39 is 5.38 Å². The number of carbonyl (C=O) groups is 1. The third-order valence-electron chi connectivity index (χ3n) is 2.15. The molecular weight excluding hydrogens is 291 g/mol. The molecular formula is C12H14BrClO2. The number of rotatable bonds is 4. The summed E-state index contributed by atoms with van der Waals surface area (Å²) >= 11 is 9.41. The lowest BCUT2D eigenvalue weighted by molar-refractivity contribution is -0.142. The van der Waals surface area contributed by atoms with Crippen molar-refractivity contribution in [1.82, 2.24) is 0 Å². The van der Waals surface area contributed by atoms with Gasteiger partial charge in [-0.2, -0.15) is 0 Å². The van der Waals surface area contributed by atoms with Crippen LogP contribution in [0.5, 0.6) is 0 Å². The fourth-order valence-corrected chi connectivity index (χ4v) is 2.21. The van der Waals surface area contributed by atoms with Gasteiger partial charge in [0.25, 0.3) is 0 Å². The topological polar surface area (TPSA) is 26.3 Å². The SMILES string of the molecule is CCOC(=O)C(Cl)Cc1ccc(C)cc1Br. The summed E-state index contributed by atoms with van der Waals surface area (Å²) in [6.45, 7) is 4.14. The Morgan fingerprint density at radius 3 is 2.81 bits per heavy atom. The number of alkyl halides is 1. The minimum atomic E-state index is -0.626. The first-order valence-corrected chi connectivity index (χ1v) is 6.33. The molecule has 1 atom stereocenters. The van der Waals surface area contributed by atoms with Crippen molar-refractivity contribution < 1.29 is 9.53 Å². The lowest BCUT2D eigenvalue weighted by Crippen LogP contribution is -2.20. The Bertz CT molecular complexity index is 379. The lowest BCUT2D eigenvalue weighted by Gasteiger charge is -2.10. The van der Waals surface area contributed by atoms with E-state index >= 15 is 0 Å². The van der Waals surface area contributed by atoms with Crippen LogP contribution in [-0.2, 0) is 16.0 Å². The molecule has 2 nitrogen and oxygen atoms in total. The van der Waals surface area contributed by atoms with Gasteiger partial charge in [0.05, 0.1) is 6.61 Å². The lowest BCUT2D eigenvalue weighted by atomic mass is 10.1. The number of esters is 1. The minimum Gasteiger partial charge on any atom is -0.465 e. The molecule has 0 N–H and O–H groups in total. The van der Waals surface area contributed by atoms with E-state index in [9.17, 15) is 4.79 Å². The highest BCUT2D eigenvalue weighted by Crippen LogP contribution is 2.21. The minimum absolute atomic E-state index is 0.358. The van der Waals surface area contributed by atoms with Crippen LogP contribution >= 0.6 is 27.5 Å². The molecule has 1 aromatic rings. The smallest absolute Gasteiger partial charge is 0.324 e. The highest BCUT2D eigenvalue weighted by atomic mass is 79.9. The second-order valence-corrected chi connectivity index (χ2v) is 4.90. The standard InChI is InChI=1S/C12H14BrClO2/c1-3-16-12(15)11(14)7-9-5-4-8(2)6-10(9)13/h4-6,11H,3,7H2,1-2H3. The van der Waals surface area contributed by atoms with Crippen LogP contribution in [0.3, 0.4) is 0 Å². The first kappa shape index (κ1) is 13.5. The van der Waals surface area contributed by atoms with Crippen molar-refractivity contribution in [2.24, 2.45) is 0 Å². The van der Waals surface area contributed by atoms with Crippen molar-refractivity contribution in [2.75, 3.05) is 6.61 Å². The van der Waals surface area contributed by atoms with Crippen LogP contribution in [0, 0.1) is 6.92 Å². The second-order valence-electron chi connectivity index (χ2n) is 3.52. The molecule has 16 heavy (non-hydrogen) atoms. The average molecular weight is 306 g/mol. The zero-order chi connectivity index (χ0) is 12.1. The molecule has 0 fully saturated rings. The van der Waals surface area contributed by atoms with Gasteiger partial charge in [0.15, 0.2) is 0 Å². The first-order valence-electron chi connectivity index (χ1n) is 5.10. The third kappa shape index (κ3) is 3.80. The number of benzene rings is 1. The van der Waals surface area contributed by atoms with Gasteiger partial charge in [0, 0.05) is 10.9 Å². The summed E-state index contributed by atoms with van der Waals surface area (Å²) in [5.74, 6) is -0.364. The average Bonchev–Trinajstić information content (AvgIpc) is 2.22. The van der Waals surface area contributed by atoms with Crippen molar-refractivity contribution >= 4 is 33.5 Å². The van der Waals surface area contributed by atoms with Crippen molar-refractivity contribution in [3.05, 3.63) is 33.8 Å². The summed E-state index contributed by atoms with van der Waals surface area (Å²) in [5.41, 5.74) is 2.18. The molecule has 1 rings (SSSR count). The van der Waals surface area contributed by atoms with Gasteiger partial charge in [0.2, 0.25) is 0 Å². The Kier molecular flexibility index (Phi) is 5.29. The molecule has 0 spiro atoms. The Hall–Kier alpha value is -0.540. The van der Waals surface area contributed by atoms with Crippen LogP contribution < -0.4 is 0 Å². The van der Waals surface area contributed by atoms with Gasteiger partial charge < -0.3 is 4.74 Å². The Morgan fingerprint density at radius 1 is 1.56 bits per heavy atom. The van der Waals surface area contributed by atoms with E-state index in [2.05, 4.69) is 15.9 Å². The van der Waals surface area contributed by atoms with Crippen molar-refractivity contribution in [3.63, 3.8) is 0 Å². The predicted molar refractivity (Wildman–Crippen MR) is 68.9 cm³/mol. The zero-order valence-corrected chi connectivity index (χ0v) is 11.6. The summed E-state index contributed by atoms with van der Waals surface area (Å²) in [6.07, 6.45) is 0.473. The monoisotopic (exact) mass is 304 g/mol. The normalized spacial score (nSPS) is 12.2.